The van der Waals surface area contributed by atoms with Crippen molar-refractivity contribution in [3.63, 3.8) is 0 Å². The molecule has 0 saturated carbocycles. The summed E-state index contributed by atoms with van der Waals surface area (Å²) < 4.78 is 0. The lowest BCUT2D eigenvalue weighted by Gasteiger charge is -2.30. The van der Waals surface area contributed by atoms with Gasteiger partial charge in [-0.15, -0.1) is 0 Å². The smallest absolute Gasteiger partial charge is 0.274 e. The van der Waals surface area contributed by atoms with E-state index in [9.17, 15) is 4.79 Å². The minimum absolute atomic E-state index is 0.0845. The van der Waals surface area contributed by atoms with E-state index >= 15 is 0 Å². The quantitative estimate of drug-likeness (QED) is 0.773. The molecule has 0 radical (unpaired) electrons. The number of aromatic amines is 1. The molecule has 2 heterocycles. The van der Waals surface area contributed by atoms with Crippen molar-refractivity contribution in [2.75, 3.05) is 13.1 Å². The van der Waals surface area contributed by atoms with Crippen molar-refractivity contribution in [1.82, 2.24) is 15.1 Å². The fourth-order valence-electron chi connectivity index (χ4n) is 2.91. The van der Waals surface area contributed by atoms with E-state index in [-0.39, 0.29) is 11.9 Å². The number of hydrogen-bond acceptors (Lipinski definition) is 3. The van der Waals surface area contributed by atoms with Gasteiger partial charge in [0.15, 0.2) is 5.69 Å². The van der Waals surface area contributed by atoms with Crippen LogP contribution in [0.25, 0.3) is 0 Å². The molecule has 0 aromatic carbocycles. The number of carbonyl (C=O) groups excluding carboxylic acids is 1. The molecule has 3 N–H and O–H groups in total. The molecule has 1 fully saturated rings. The third kappa shape index (κ3) is 2.03. The lowest BCUT2D eigenvalue weighted by Crippen LogP contribution is -2.43. The molecule has 1 saturated heterocycles. The highest BCUT2D eigenvalue weighted by Gasteiger charge is 2.27. The average molecular weight is 248 g/mol. The summed E-state index contributed by atoms with van der Waals surface area (Å²) in [5.74, 6) is 0.0845. The number of H-pyrrole nitrogens is 1. The molecular weight excluding hydrogens is 228 g/mol. The molecule has 2 aliphatic rings. The van der Waals surface area contributed by atoms with Gasteiger partial charge in [0.2, 0.25) is 0 Å². The van der Waals surface area contributed by atoms with Gasteiger partial charge in [0.05, 0.1) is 0 Å². The van der Waals surface area contributed by atoms with Crippen LogP contribution in [0.15, 0.2) is 0 Å². The largest absolute Gasteiger partial charge is 0.337 e. The first-order valence-corrected chi connectivity index (χ1v) is 6.86. The number of piperidine rings is 1. The summed E-state index contributed by atoms with van der Waals surface area (Å²) in [6, 6.07) is 0.252. The number of hydrogen-bond donors (Lipinski definition) is 2. The van der Waals surface area contributed by atoms with E-state index in [4.69, 9.17) is 5.73 Å². The fraction of sp³-hybridized carbons (Fsp3) is 0.692. The number of fused-ring (bicyclic) bond motifs is 1. The lowest BCUT2D eigenvalue weighted by molar-refractivity contribution is 0.0707. The van der Waals surface area contributed by atoms with Gasteiger partial charge in [0.1, 0.15) is 0 Å². The first-order chi connectivity index (χ1) is 8.75. The van der Waals surface area contributed by atoms with Crippen molar-refractivity contribution in [1.29, 1.82) is 0 Å². The second kappa shape index (κ2) is 4.72. The highest BCUT2D eigenvalue weighted by molar-refractivity contribution is 5.94. The second-order valence-corrected chi connectivity index (χ2v) is 5.37. The summed E-state index contributed by atoms with van der Waals surface area (Å²) in [5, 5.41) is 7.28. The van der Waals surface area contributed by atoms with E-state index in [2.05, 4.69) is 10.2 Å². The van der Waals surface area contributed by atoms with Crippen LogP contribution < -0.4 is 5.73 Å². The molecule has 0 bridgehead atoms. The molecule has 5 nitrogen and oxygen atoms in total. The number of rotatable bonds is 1. The maximum Gasteiger partial charge on any atom is 0.274 e. The standard InChI is InChI=1S/C13H20N4O/c14-9-5-7-17(8-6-9)13(18)12-10-3-1-2-4-11(10)15-16-12/h9H,1-8,14H2,(H,15,16). The van der Waals surface area contributed by atoms with Crippen LogP contribution in [0.4, 0.5) is 0 Å². The van der Waals surface area contributed by atoms with Crippen molar-refractivity contribution in [2.45, 2.75) is 44.6 Å². The Hall–Kier alpha value is -1.36. The van der Waals surface area contributed by atoms with Crippen LogP contribution in [0, 0.1) is 0 Å². The van der Waals surface area contributed by atoms with Gasteiger partial charge in [-0.2, -0.15) is 5.10 Å². The third-order valence-electron chi connectivity index (χ3n) is 4.09. The Kier molecular flexibility index (Phi) is 3.07. The summed E-state index contributed by atoms with van der Waals surface area (Å²) in [6.45, 7) is 1.53. The van der Waals surface area contributed by atoms with Crippen LogP contribution in [0.5, 0.6) is 0 Å². The number of likely N-dealkylation sites (tertiary alicyclic amines) is 1. The molecule has 1 amide bonds. The number of amides is 1. The van der Waals surface area contributed by atoms with Gasteiger partial charge < -0.3 is 10.6 Å². The highest BCUT2D eigenvalue weighted by Crippen LogP contribution is 2.23. The van der Waals surface area contributed by atoms with Crippen molar-refractivity contribution in [3.05, 3.63) is 17.0 Å². The zero-order valence-electron chi connectivity index (χ0n) is 10.6. The maximum absolute atomic E-state index is 12.4. The molecule has 1 aromatic rings. The van der Waals surface area contributed by atoms with Crippen molar-refractivity contribution in [2.24, 2.45) is 5.73 Å². The van der Waals surface area contributed by atoms with Gasteiger partial charge in [-0.3, -0.25) is 9.89 Å². The van der Waals surface area contributed by atoms with Gasteiger partial charge in [-0.1, -0.05) is 0 Å². The number of aromatic nitrogens is 2. The van der Waals surface area contributed by atoms with Crippen LogP contribution in [-0.2, 0) is 12.8 Å². The van der Waals surface area contributed by atoms with Crippen LogP contribution in [0.2, 0.25) is 0 Å². The molecule has 5 heteroatoms. The Morgan fingerprint density at radius 2 is 2.00 bits per heavy atom. The van der Waals surface area contributed by atoms with Gasteiger partial charge in [-0.25, -0.2) is 0 Å². The Morgan fingerprint density at radius 1 is 1.28 bits per heavy atom. The van der Waals surface area contributed by atoms with Crippen molar-refractivity contribution >= 4 is 5.91 Å². The Morgan fingerprint density at radius 3 is 2.78 bits per heavy atom. The summed E-state index contributed by atoms with van der Waals surface area (Å²) in [5.41, 5.74) is 8.84. The monoisotopic (exact) mass is 248 g/mol. The SMILES string of the molecule is NC1CCN(C(=O)c2n[nH]c3c2CCCC3)CC1. The fourth-order valence-corrected chi connectivity index (χ4v) is 2.91. The number of nitrogens with zero attached hydrogens (tertiary/aromatic N) is 2. The Labute approximate surface area is 107 Å². The summed E-state index contributed by atoms with van der Waals surface area (Å²) in [4.78, 5) is 14.3. The van der Waals surface area contributed by atoms with E-state index < -0.39 is 0 Å². The number of carbonyl (C=O) groups is 1. The minimum atomic E-state index is 0.0845. The number of nitrogens with one attached hydrogen (secondary N) is 1. The maximum atomic E-state index is 12.4. The number of nitrogens with two attached hydrogens (primary N) is 1. The number of aryl methyl sites for hydroxylation is 1. The predicted molar refractivity (Wildman–Crippen MR) is 68.3 cm³/mol. The Bertz CT molecular complexity index is 446. The summed E-state index contributed by atoms with van der Waals surface area (Å²) >= 11 is 0. The van der Waals surface area contributed by atoms with Crippen molar-refractivity contribution in [3.8, 4) is 0 Å². The van der Waals surface area contributed by atoms with Gasteiger partial charge in [0, 0.05) is 30.4 Å². The molecule has 1 aliphatic carbocycles. The normalized spacial score (nSPS) is 20.8. The van der Waals surface area contributed by atoms with Gasteiger partial charge in [-0.05, 0) is 38.5 Å². The molecule has 18 heavy (non-hydrogen) atoms. The molecule has 0 spiro atoms. The zero-order valence-corrected chi connectivity index (χ0v) is 10.6. The van der Waals surface area contributed by atoms with Crippen LogP contribution in [0.1, 0.15) is 47.4 Å². The Balaban J connectivity index is 1.78. The summed E-state index contributed by atoms with van der Waals surface area (Å²) in [7, 11) is 0. The molecule has 0 atom stereocenters. The molecule has 1 aliphatic heterocycles. The average Bonchev–Trinajstić information content (AvgIpc) is 2.82. The van der Waals surface area contributed by atoms with Gasteiger partial charge >= 0.3 is 0 Å². The van der Waals surface area contributed by atoms with Crippen molar-refractivity contribution < 1.29 is 4.79 Å². The molecule has 3 rings (SSSR count). The first-order valence-electron chi connectivity index (χ1n) is 6.86. The van der Waals surface area contributed by atoms with Gasteiger partial charge in [0.25, 0.3) is 5.91 Å². The van der Waals surface area contributed by atoms with E-state index in [1.807, 2.05) is 4.90 Å². The van der Waals surface area contributed by atoms with Crippen LogP contribution in [0.3, 0.4) is 0 Å². The van der Waals surface area contributed by atoms with E-state index in [0.717, 1.165) is 50.8 Å². The van der Waals surface area contributed by atoms with E-state index in [0.29, 0.717) is 5.69 Å². The third-order valence-corrected chi connectivity index (χ3v) is 4.09. The molecule has 98 valence electrons. The predicted octanol–water partition coefficient (Wildman–Crippen LogP) is 0.852. The zero-order chi connectivity index (χ0) is 12.5. The molecular formula is C13H20N4O. The topological polar surface area (TPSA) is 75.0 Å². The lowest BCUT2D eigenvalue weighted by atomic mass is 9.95. The van der Waals surface area contributed by atoms with E-state index in [1.165, 1.54) is 12.1 Å². The second-order valence-electron chi connectivity index (χ2n) is 5.37. The minimum Gasteiger partial charge on any atom is -0.337 e. The van der Waals surface area contributed by atoms with Crippen LogP contribution in [-0.4, -0.2) is 40.1 Å². The summed E-state index contributed by atoms with van der Waals surface area (Å²) in [6.07, 6.45) is 6.18. The molecule has 1 aromatic heterocycles. The molecule has 0 unspecified atom stereocenters. The first kappa shape index (κ1) is 11.7. The highest BCUT2D eigenvalue weighted by atomic mass is 16.2. The van der Waals surface area contributed by atoms with Crippen LogP contribution >= 0.6 is 0 Å². The van der Waals surface area contributed by atoms with E-state index in [1.54, 1.807) is 0 Å².